The van der Waals surface area contributed by atoms with Crippen LogP contribution in [0.5, 0.6) is 0 Å². The molecule has 0 aromatic rings. The van der Waals surface area contributed by atoms with Gasteiger partial charge in [0.1, 0.15) is 0 Å². The fourth-order valence-corrected chi connectivity index (χ4v) is 4.58. The summed E-state index contributed by atoms with van der Waals surface area (Å²) in [5, 5.41) is 0. The lowest BCUT2D eigenvalue weighted by molar-refractivity contribution is 0.0151. The van der Waals surface area contributed by atoms with E-state index < -0.39 is 0 Å². The summed E-state index contributed by atoms with van der Waals surface area (Å²) in [5.41, 5.74) is 0. The summed E-state index contributed by atoms with van der Waals surface area (Å²) >= 11 is 0. The van der Waals surface area contributed by atoms with Crippen molar-refractivity contribution in [1.29, 1.82) is 0 Å². The molecule has 0 saturated heterocycles. The predicted molar refractivity (Wildman–Crippen MR) is 105 cm³/mol. The highest BCUT2D eigenvalue weighted by molar-refractivity contribution is 4.91. The normalized spacial score (nSPS) is 31.6. The van der Waals surface area contributed by atoms with Crippen molar-refractivity contribution in [3.8, 4) is 0 Å². The van der Waals surface area contributed by atoms with Gasteiger partial charge in [-0.1, -0.05) is 51.7 Å². The quantitative estimate of drug-likeness (QED) is 0.301. The molecule has 0 radical (unpaired) electrons. The zero-order chi connectivity index (χ0) is 17.0. The summed E-state index contributed by atoms with van der Waals surface area (Å²) in [6.45, 7) is 5.50. The molecule has 0 aromatic heterocycles. The molecule has 2 rings (SSSR count). The smallest absolute Gasteiger partial charge is 0.0575 e. The first-order valence-corrected chi connectivity index (χ1v) is 11.1. The highest BCUT2D eigenvalue weighted by Gasteiger charge is 2.24. The Labute approximate surface area is 151 Å². The van der Waals surface area contributed by atoms with E-state index in [4.69, 9.17) is 4.74 Å². The summed E-state index contributed by atoms with van der Waals surface area (Å²) < 4.78 is 6.01. The van der Waals surface area contributed by atoms with Crippen LogP contribution >= 0.6 is 0 Å². The van der Waals surface area contributed by atoms with Gasteiger partial charge in [-0.05, 0) is 82.0 Å². The second-order valence-electron chi connectivity index (χ2n) is 8.44. The summed E-state index contributed by atoms with van der Waals surface area (Å²) in [6.07, 6.45) is 24.9. The molecule has 0 aliphatic heterocycles. The molecule has 140 valence electrons. The molecule has 2 saturated carbocycles. The van der Waals surface area contributed by atoms with Gasteiger partial charge in [-0.2, -0.15) is 0 Å². The third-order valence-corrected chi connectivity index (χ3v) is 6.38. The molecular weight excluding hydrogens is 292 g/mol. The van der Waals surface area contributed by atoms with Gasteiger partial charge >= 0.3 is 0 Å². The third kappa shape index (κ3) is 7.72. The van der Waals surface area contributed by atoms with Gasteiger partial charge < -0.3 is 4.74 Å². The topological polar surface area (TPSA) is 9.23 Å². The van der Waals surface area contributed by atoms with Crippen molar-refractivity contribution in [3.63, 3.8) is 0 Å². The molecule has 2 aliphatic rings. The van der Waals surface area contributed by atoms with Crippen molar-refractivity contribution in [2.45, 2.75) is 110 Å². The summed E-state index contributed by atoms with van der Waals surface area (Å²) in [6, 6.07) is 0. The van der Waals surface area contributed by atoms with Crippen LogP contribution in [0, 0.1) is 17.8 Å². The minimum atomic E-state index is 0.582. The van der Waals surface area contributed by atoms with Gasteiger partial charge in [-0.3, -0.25) is 0 Å². The van der Waals surface area contributed by atoms with Gasteiger partial charge in [0, 0.05) is 6.61 Å². The van der Waals surface area contributed by atoms with Gasteiger partial charge in [0.15, 0.2) is 0 Å². The SMILES string of the molecule is CCC/C=C/[C@H]1CC[C@H](CC[C@H]2CC[C@H](OCCCC)CC2)CC1. The van der Waals surface area contributed by atoms with Crippen LogP contribution in [0.25, 0.3) is 0 Å². The number of unbranched alkanes of at least 4 members (excludes halogenated alkanes) is 2. The van der Waals surface area contributed by atoms with E-state index in [1.165, 1.54) is 89.9 Å². The van der Waals surface area contributed by atoms with Gasteiger partial charge in [0.2, 0.25) is 0 Å². The lowest BCUT2D eigenvalue weighted by Gasteiger charge is -2.31. The standard InChI is InChI=1S/C23H42O/c1-3-5-7-8-20-9-11-21(12-10-20)13-14-22-15-17-23(18-16-22)24-19-6-4-2/h7-8,20-23H,3-6,9-19H2,1-2H3/b8-7+/t20-,21-,22-,23-. The number of ether oxygens (including phenoxy) is 1. The predicted octanol–water partition coefficient (Wildman–Crippen LogP) is 7.30. The van der Waals surface area contributed by atoms with E-state index in [0.29, 0.717) is 6.10 Å². The first-order valence-electron chi connectivity index (χ1n) is 11.1. The molecule has 0 aromatic carbocycles. The van der Waals surface area contributed by atoms with Gasteiger partial charge in [0.05, 0.1) is 6.10 Å². The zero-order valence-corrected chi connectivity index (χ0v) is 16.5. The minimum absolute atomic E-state index is 0.582. The number of allylic oxidation sites excluding steroid dienone is 2. The Kier molecular flexibility index (Phi) is 10.1. The summed E-state index contributed by atoms with van der Waals surface area (Å²) in [7, 11) is 0. The molecule has 24 heavy (non-hydrogen) atoms. The van der Waals surface area contributed by atoms with E-state index in [-0.39, 0.29) is 0 Å². The van der Waals surface area contributed by atoms with Crippen LogP contribution in [-0.2, 0) is 4.74 Å². The lowest BCUT2D eigenvalue weighted by Crippen LogP contribution is -2.23. The van der Waals surface area contributed by atoms with Crippen molar-refractivity contribution >= 4 is 0 Å². The van der Waals surface area contributed by atoms with Crippen LogP contribution in [-0.4, -0.2) is 12.7 Å². The van der Waals surface area contributed by atoms with Gasteiger partial charge in [-0.15, -0.1) is 0 Å². The summed E-state index contributed by atoms with van der Waals surface area (Å²) in [5.74, 6) is 2.92. The van der Waals surface area contributed by atoms with Crippen molar-refractivity contribution in [2.75, 3.05) is 6.61 Å². The molecule has 0 unspecified atom stereocenters. The molecule has 1 heteroatoms. The first kappa shape index (κ1) is 20.0. The van der Waals surface area contributed by atoms with Crippen LogP contribution in [0.1, 0.15) is 104 Å². The third-order valence-electron chi connectivity index (χ3n) is 6.38. The molecule has 0 N–H and O–H groups in total. The Balaban J connectivity index is 1.52. The molecule has 0 amide bonds. The van der Waals surface area contributed by atoms with Gasteiger partial charge in [0.25, 0.3) is 0 Å². The second kappa shape index (κ2) is 12.1. The summed E-state index contributed by atoms with van der Waals surface area (Å²) in [4.78, 5) is 0. The van der Waals surface area contributed by atoms with Crippen LogP contribution in [0.4, 0.5) is 0 Å². The average Bonchev–Trinajstić information content (AvgIpc) is 2.63. The Morgan fingerprint density at radius 2 is 1.42 bits per heavy atom. The molecule has 1 nitrogen and oxygen atoms in total. The minimum Gasteiger partial charge on any atom is -0.378 e. The van der Waals surface area contributed by atoms with Crippen molar-refractivity contribution in [3.05, 3.63) is 12.2 Å². The molecule has 0 bridgehead atoms. The van der Waals surface area contributed by atoms with E-state index >= 15 is 0 Å². The van der Waals surface area contributed by atoms with Crippen LogP contribution in [0.2, 0.25) is 0 Å². The second-order valence-corrected chi connectivity index (χ2v) is 8.44. The molecule has 0 spiro atoms. The average molecular weight is 335 g/mol. The Morgan fingerprint density at radius 1 is 0.792 bits per heavy atom. The maximum atomic E-state index is 6.01. The maximum Gasteiger partial charge on any atom is 0.0575 e. The van der Waals surface area contributed by atoms with Crippen molar-refractivity contribution in [2.24, 2.45) is 17.8 Å². The van der Waals surface area contributed by atoms with E-state index in [0.717, 1.165) is 24.4 Å². The highest BCUT2D eigenvalue weighted by atomic mass is 16.5. The fraction of sp³-hybridized carbons (Fsp3) is 0.913. The van der Waals surface area contributed by atoms with Crippen molar-refractivity contribution < 1.29 is 4.74 Å². The van der Waals surface area contributed by atoms with Crippen molar-refractivity contribution in [1.82, 2.24) is 0 Å². The lowest BCUT2D eigenvalue weighted by atomic mass is 9.77. The zero-order valence-electron chi connectivity index (χ0n) is 16.5. The Bertz CT molecular complexity index is 319. The first-order chi connectivity index (χ1) is 11.8. The Hall–Kier alpha value is -0.300. The number of hydrogen-bond donors (Lipinski definition) is 0. The molecule has 0 heterocycles. The maximum absolute atomic E-state index is 6.01. The van der Waals surface area contributed by atoms with E-state index in [1.807, 2.05) is 0 Å². The van der Waals surface area contributed by atoms with E-state index in [2.05, 4.69) is 26.0 Å². The highest BCUT2D eigenvalue weighted by Crippen LogP contribution is 2.36. The largest absolute Gasteiger partial charge is 0.378 e. The molecule has 0 atom stereocenters. The molecule has 2 aliphatic carbocycles. The number of rotatable bonds is 10. The number of hydrogen-bond acceptors (Lipinski definition) is 1. The Morgan fingerprint density at radius 3 is 2.00 bits per heavy atom. The molecular formula is C23H42O. The van der Waals surface area contributed by atoms with E-state index in [9.17, 15) is 0 Å². The van der Waals surface area contributed by atoms with Crippen LogP contribution in [0.3, 0.4) is 0 Å². The monoisotopic (exact) mass is 334 g/mol. The van der Waals surface area contributed by atoms with Crippen LogP contribution in [0.15, 0.2) is 12.2 Å². The fourth-order valence-electron chi connectivity index (χ4n) is 4.58. The molecule has 2 fully saturated rings. The van der Waals surface area contributed by atoms with E-state index in [1.54, 1.807) is 0 Å². The van der Waals surface area contributed by atoms with Crippen LogP contribution < -0.4 is 0 Å². The van der Waals surface area contributed by atoms with Gasteiger partial charge in [-0.25, -0.2) is 0 Å².